The zero-order valence-corrected chi connectivity index (χ0v) is 13.6. The van der Waals surface area contributed by atoms with Crippen molar-refractivity contribution in [1.82, 2.24) is 4.31 Å². The van der Waals surface area contributed by atoms with Gasteiger partial charge < -0.3 is 4.74 Å². The van der Waals surface area contributed by atoms with Crippen LogP contribution in [0.25, 0.3) is 0 Å². The van der Waals surface area contributed by atoms with Gasteiger partial charge in [0.25, 0.3) is 10.0 Å². The number of rotatable bonds is 3. The molecule has 5 nitrogen and oxygen atoms in total. The van der Waals surface area contributed by atoms with Gasteiger partial charge in [0, 0.05) is 4.43 Å². The minimum absolute atomic E-state index is 0.0832. The highest BCUT2D eigenvalue weighted by Gasteiger charge is 2.50. The van der Waals surface area contributed by atoms with E-state index in [-0.39, 0.29) is 11.5 Å². The number of carbonyl (C=O) groups excluding carboxylic acids is 1. The van der Waals surface area contributed by atoms with Crippen molar-refractivity contribution < 1.29 is 17.9 Å². The molecule has 0 aliphatic carbocycles. The molecule has 1 heterocycles. The van der Waals surface area contributed by atoms with Gasteiger partial charge in [-0.25, -0.2) is 13.2 Å². The second-order valence-electron chi connectivity index (χ2n) is 4.77. The normalized spacial score (nSPS) is 23.5. The van der Waals surface area contributed by atoms with Crippen LogP contribution in [0.5, 0.6) is 0 Å². The van der Waals surface area contributed by atoms with Gasteiger partial charge in [0.05, 0.1) is 4.90 Å². The highest BCUT2D eigenvalue weighted by molar-refractivity contribution is 14.1. The Morgan fingerprint density at radius 3 is 2.47 bits per heavy atom. The van der Waals surface area contributed by atoms with Crippen LogP contribution in [0.3, 0.4) is 0 Å². The van der Waals surface area contributed by atoms with E-state index in [9.17, 15) is 13.2 Å². The van der Waals surface area contributed by atoms with Crippen molar-refractivity contribution in [2.24, 2.45) is 0 Å². The number of aryl methyl sites for hydroxylation is 1. The zero-order valence-electron chi connectivity index (χ0n) is 10.6. The molecule has 1 aromatic rings. The minimum atomic E-state index is -3.87. The van der Waals surface area contributed by atoms with Gasteiger partial charge in [-0.3, -0.25) is 0 Å². The molecule has 1 aromatic carbocycles. The van der Waals surface area contributed by atoms with Gasteiger partial charge in [-0.1, -0.05) is 40.3 Å². The maximum atomic E-state index is 12.6. The number of halogens is 1. The number of hydrogen-bond donors (Lipinski definition) is 0. The lowest BCUT2D eigenvalue weighted by Gasteiger charge is -2.29. The quantitative estimate of drug-likeness (QED) is 0.582. The molecule has 1 amide bonds. The average molecular weight is 395 g/mol. The summed E-state index contributed by atoms with van der Waals surface area (Å²) < 4.78 is 31.3. The molecule has 0 aromatic heterocycles. The summed E-state index contributed by atoms with van der Waals surface area (Å²) in [5, 5.41) is 0. The van der Waals surface area contributed by atoms with Crippen molar-refractivity contribution in [1.29, 1.82) is 0 Å². The molecule has 1 aliphatic heterocycles. The van der Waals surface area contributed by atoms with Gasteiger partial charge in [-0.05, 0) is 26.0 Å². The van der Waals surface area contributed by atoms with Crippen molar-refractivity contribution in [2.75, 3.05) is 11.0 Å². The van der Waals surface area contributed by atoms with E-state index in [0.717, 1.165) is 9.87 Å². The standard InChI is InChI=1S/C12H14INO4S/c1-9-3-5-10(6-4-9)19(16,17)14-11(15)18-8-12(14,2)7-13/h3-6H,7-8H2,1-2H3. The Kier molecular flexibility index (Phi) is 3.78. The highest BCUT2D eigenvalue weighted by Crippen LogP contribution is 2.32. The smallest absolute Gasteiger partial charge is 0.424 e. The number of ether oxygens (including phenoxy) is 1. The van der Waals surface area contributed by atoms with E-state index in [1.165, 1.54) is 12.1 Å². The molecule has 0 radical (unpaired) electrons. The molecule has 2 rings (SSSR count). The van der Waals surface area contributed by atoms with E-state index in [1.807, 2.05) is 6.92 Å². The predicted octanol–water partition coefficient (Wildman–Crippen LogP) is 2.33. The molecule has 0 spiro atoms. The number of benzene rings is 1. The summed E-state index contributed by atoms with van der Waals surface area (Å²) in [7, 11) is -3.87. The number of sulfonamides is 1. The molecule has 0 N–H and O–H groups in total. The van der Waals surface area contributed by atoms with Crippen molar-refractivity contribution in [3.05, 3.63) is 29.8 Å². The third-order valence-electron chi connectivity index (χ3n) is 3.01. The Morgan fingerprint density at radius 2 is 1.95 bits per heavy atom. The van der Waals surface area contributed by atoms with Crippen LogP contribution in [0.4, 0.5) is 4.79 Å². The summed E-state index contributed by atoms with van der Waals surface area (Å²) in [4.78, 5) is 11.9. The van der Waals surface area contributed by atoms with E-state index in [2.05, 4.69) is 22.6 Å². The number of cyclic esters (lactones) is 1. The molecule has 104 valence electrons. The molecule has 1 unspecified atom stereocenters. The van der Waals surface area contributed by atoms with Crippen LogP contribution in [-0.2, 0) is 14.8 Å². The summed E-state index contributed by atoms with van der Waals surface area (Å²) in [6.45, 7) is 3.66. The van der Waals surface area contributed by atoms with Gasteiger partial charge >= 0.3 is 6.09 Å². The van der Waals surface area contributed by atoms with E-state index in [0.29, 0.717) is 4.43 Å². The first kappa shape index (κ1) is 14.6. The van der Waals surface area contributed by atoms with E-state index in [4.69, 9.17) is 4.74 Å². The van der Waals surface area contributed by atoms with Gasteiger partial charge in [-0.15, -0.1) is 0 Å². The minimum Gasteiger partial charge on any atom is -0.446 e. The number of nitrogens with zero attached hydrogens (tertiary/aromatic N) is 1. The second kappa shape index (κ2) is 4.93. The number of hydrogen-bond acceptors (Lipinski definition) is 4. The number of alkyl halides is 1. The fourth-order valence-electron chi connectivity index (χ4n) is 1.85. The zero-order chi connectivity index (χ0) is 14.3. The Bertz CT molecular complexity index is 599. The molecule has 1 atom stereocenters. The first-order chi connectivity index (χ1) is 8.81. The molecule has 0 saturated carbocycles. The highest BCUT2D eigenvalue weighted by atomic mass is 127. The average Bonchev–Trinajstić information content (AvgIpc) is 2.67. The summed E-state index contributed by atoms with van der Waals surface area (Å²) in [5.74, 6) is 0. The predicted molar refractivity (Wildman–Crippen MR) is 78.8 cm³/mol. The maximum absolute atomic E-state index is 12.6. The fraction of sp³-hybridized carbons (Fsp3) is 0.417. The number of carbonyl (C=O) groups is 1. The Morgan fingerprint density at radius 1 is 1.37 bits per heavy atom. The van der Waals surface area contributed by atoms with Crippen LogP contribution in [0.1, 0.15) is 12.5 Å². The van der Waals surface area contributed by atoms with Crippen LogP contribution < -0.4 is 0 Å². The third-order valence-corrected chi connectivity index (χ3v) is 6.59. The molecule has 1 aliphatic rings. The Hall–Kier alpha value is -0.830. The molecular weight excluding hydrogens is 381 g/mol. The summed E-state index contributed by atoms with van der Waals surface area (Å²) in [5.41, 5.74) is 0.126. The SMILES string of the molecule is Cc1ccc(S(=O)(=O)N2C(=O)OCC2(C)CI)cc1. The monoisotopic (exact) mass is 395 g/mol. The molecule has 0 bridgehead atoms. The van der Waals surface area contributed by atoms with E-state index in [1.54, 1.807) is 19.1 Å². The largest absolute Gasteiger partial charge is 0.446 e. The number of amides is 1. The van der Waals surface area contributed by atoms with E-state index >= 15 is 0 Å². The summed E-state index contributed by atoms with van der Waals surface area (Å²) in [6.07, 6.45) is -0.806. The van der Waals surface area contributed by atoms with Gasteiger partial charge in [0.2, 0.25) is 0 Å². The first-order valence-corrected chi connectivity index (χ1v) is 8.63. The summed E-state index contributed by atoms with van der Waals surface area (Å²) in [6, 6.07) is 6.42. The van der Waals surface area contributed by atoms with Crippen LogP contribution in [0.15, 0.2) is 29.2 Å². The van der Waals surface area contributed by atoms with Crippen molar-refractivity contribution >= 4 is 38.7 Å². The van der Waals surface area contributed by atoms with Gasteiger partial charge in [0.1, 0.15) is 12.1 Å². The topological polar surface area (TPSA) is 63.7 Å². The Labute approximate surface area is 126 Å². The lowest BCUT2D eigenvalue weighted by Crippen LogP contribution is -2.49. The third kappa shape index (κ3) is 2.45. The molecule has 19 heavy (non-hydrogen) atoms. The summed E-state index contributed by atoms with van der Waals surface area (Å²) >= 11 is 2.06. The lowest BCUT2D eigenvalue weighted by molar-refractivity contribution is 0.169. The Balaban J connectivity index is 2.49. The molecule has 1 fully saturated rings. The van der Waals surface area contributed by atoms with Gasteiger partial charge in [-0.2, -0.15) is 4.31 Å². The molecule has 1 saturated heterocycles. The fourth-order valence-corrected chi connectivity index (χ4v) is 4.28. The van der Waals surface area contributed by atoms with Crippen LogP contribution in [0.2, 0.25) is 0 Å². The molecule has 7 heteroatoms. The maximum Gasteiger partial charge on any atom is 0.424 e. The van der Waals surface area contributed by atoms with Crippen LogP contribution in [-0.4, -0.2) is 35.4 Å². The molecular formula is C12H14INO4S. The second-order valence-corrected chi connectivity index (χ2v) is 7.32. The van der Waals surface area contributed by atoms with Crippen molar-refractivity contribution in [3.63, 3.8) is 0 Å². The van der Waals surface area contributed by atoms with Crippen LogP contribution in [0, 0.1) is 6.92 Å². The van der Waals surface area contributed by atoms with Crippen LogP contribution >= 0.6 is 22.6 Å². The lowest BCUT2D eigenvalue weighted by atomic mass is 10.1. The van der Waals surface area contributed by atoms with Crippen molar-refractivity contribution in [3.8, 4) is 0 Å². The van der Waals surface area contributed by atoms with E-state index < -0.39 is 21.7 Å². The van der Waals surface area contributed by atoms with Gasteiger partial charge in [0.15, 0.2) is 0 Å². The van der Waals surface area contributed by atoms with Crippen molar-refractivity contribution in [2.45, 2.75) is 24.3 Å². The first-order valence-electron chi connectivity index (χ1n) is 5.66.